The van der Waals surface area contributed by atoms with Crippen LogP contribution in [0.3, 0.4) is 0 Å². The van der Waals surface area contributed by atoms with Crippen LogP contribution in [0.15, 0.2) is 17.0 Å². The molecule has 0 spiro atoms. The van der Waals surface area contributed by atoms with Gasteiger partial charge in [-0.3, -0.25) is 9.69 Å². The van der Waals surface area contributed by atoms with Crippen molar-refractivity contribution in [3.05, 3.63) is 32.6 Å². The molecule has 0 radical (unpaired) electrons. The number of aromatic hydroxyl groups is 1. The number of carbonyl (C=O) groups is 1. The summed E-state index contributed by atoms with van der Waals surface area (Å²) in [5.41, 5.74) is 0.395. The van der Waals surface area contributed by atoms with Gasteiger partial charge in [-0.05, 0) is 32.1 Å². The zero-order valence-electron chi connectivity index (χ0n) is 10.7. The molecule has 1 aliphatic rings. The van der Waals surface area contributed by atoms with Gasteiger partial charge in [-0.15, -0.1) is 0 Å². The molecule has 20 heavy (non-hydrogen) atoms. The summed E-state index contributed by atoms with van der Waals surface area (Å²) in [5.74, 6) is -0.281. The van der Waals surface area contributed by atoms with Crippen LogP contribution in [0.5, 0.6) is 5.75 Å². The van der Waals surface area contributed by atoms with Gasteiger partial charge in [-0.1, -0.05) is 47.2 Å². The summed E-state index contributed by atoms with van der Waals surface area (Å²) in [6, 6.07) is 2.98. The van der Waals surface area contributed by atoms with Gasteiger partial charge in [0, 0.05) is 16.6 Å². The molecule has 1 amide bonds. The third-order valence-corrected chi connectivity index (χ3v) is 4.52. The number of carbonyl (C=O) groups excluding carboxylic acids is 1. The average molecular weight is 348 g/mol. The highest BCUT2D eigenvalue weighted by atomic mass is 35.5. The lowest BCUT2D eigenvalue weighted by atomic mass is 10.2. The molecule has 0 aliphatic carbocycles. The highest BCUT2D eigenvalue weighted by molar-refractivity contribution is 8.26. The van der Waals surface area contributed by atoms with Crippen molar-refractivity contribution in [1.82, 2.24) is 4.90 Å². The van der Waals surface area contributed by atoms with E-state index in [-0.39, 0.29) is 22.7 Å². The van der Waals surface area contributed by atoms with Gasteiger partial charge >= 0.3 is 0 Å². The van der Waals surface area contributed by atoms with Crippen LogP contribution in [0.1, 0.15) is 19.4 Å². The molecular formula is C13H11Cl2NO2S2. The van der Waals surface area contributed by atoms with E-state index in [0.29, 0.717) is 19.8 Å². The van der Waals surface area contributed by atoms with E-state index in [4.69, 9.17) is 35.4 Å². The van der Waals surface area contributed by atoms with Gasteiger partial charge in [0.15, 0.2) is 0 Å². The van der Waals surface area contributed by atoms with Gasteiger partial charge in [0.05, 0.1) is 9.93 Å². The summed E-state index contributed by atoms with van der Waals surface area (Å²) in [4.78, 5) is 14.2. The highest BCUT2D eigenvalue weighted by Gasteiger charge is 2.33. The number of hydrogen-bond donors (Lipinski definition) is 1. The molecule has 0 aromatic heterocycles. The number of hydrogen-bond acceptors (Lipinski definition) is 4. The molecule has 7 heteroatoms. The number of phenolic OH excluding ortho intramolecular Hbond substituents is 1. The van der Waals surface area contributed by atoms with E-state index >= 15 is 0 Å². The van der Waals surface area contributed by atoms with Crippen LogP contribution in [0.2, 0.25) is 10.0 Å². The smallest absolute Gasteiger partial charge is 0.266 e. The molecule has 2 rings (SSSR count). The van der Waals surface area contributed by atoms with Gasteiger partial charge in [0.25, 0.3) is 5.91 Å². The predicted molar refractivity (Wildman–Crippen MR) is 88.3 cm³/mol. The maximum atomic E-state index is 12.2. The Labute approximate surface area is 136 Å². The lowest BCUT2D eigenvalue weighted by Gasteiger charge is -2.18. The Bertz CT molecular complexity index is 629. The first-order valence-electron chi connectivity index (χ1n) is 5.76. The van der Waals surface area contributed by atoms with Gasteiger partial charge < -0.3 is 5.11 Å². The molecule has 0 bridgehead atoms. The van der Waals surface area contributed by atoms with E-state index in [0.717, 1.165) is 0 Å². The quantitative estimate of drug-likeness (QED) is 0.639. The van der Waals surface area contributed by atoms with E-state index in [1.54, 1.807) is 12.1 Å². The van der Waals surface area contributed by atoms with Crippen molar-refractivity contribution in [2.75, 3.05) is 0 Å². The predicted octanol–water partition coefficient (Wildman–Crippen LogP) is 4.31. The molecule has 1 aliphatic heterocycles. The molecular weight excluding hydrogens is 337 g/mol. The minimum absolute atomic E-state index is 0.00931. The zero-order chi connectivity index (χ0) is 15.0. The first-order valence-corrected chi connectivity index (χ1v) is 7.74. The molecule has 3 nitrogen and oxygen atoms in total. The third-order valence-electron chi connectivity index (χ3n) is 2.68. The Kier molecular flexibility index (Phi) is 4.64. The summed E-state index contributed by atoms with van der Waals surface area (Å²) in [7, 11) is 0. The molecule has 1 aromatic carbocycles. The van der Waals surface area contributed by atoms with Crippen molar-refractivity contribution in [2.24, 2.45) is 0 Å². The van der Waals surface area contributed by atoms with Crippen LogP contribution in [-0.2, 0) is 4.79 Å². The number of halogens is 2. The van der Waals surface area contributed by atoms with Crippen LogP contribution in [0.25, 0.3) is 6.08 Å². The van der Waals surface area contributed by atoms with Crippen LogP contribution >= 0.6 is 47.2 Å². The number of rotatable bonds is 2. The summed E-state index contributed by atoms with van der Waals surface area (Å²) in [5, 5.41) is 10.4. The number of amides is 1. The van der Waals surface area contributed by atoms with Gasteiger partial charge in [0.2, 0.25) is 0 Å². The Morgan fingerprint density at radius 3 is 2.60 bits per heavy atom. The van der Waals surface area contributed by atoms with Crippen molar-refractivity contribution in [1.29, 1.82) is 0 Å². The number of benzene rings is 1. The second-order valence-corrected chi connectivity index (χ2v) is 6.99. The molecule has 1 N–H and O–H groups in total. The fraction of sp³-hybridized carbons (Fsp3) is 0.231. The molecule has 0 atom stereocenters. The largest absolute Gasteiger partial charge is 0.506 e. The molecule has 0 saturated carbocycles. The Balaban J connectivity index is 2.43. The molecule has 1 heterocycles. The maximum Gasteiger partial charge on any atom is 0.266 e. The van der Waals surface area contributed by atoms with Gasteiger partial charge in [-0.2, -0.15) is 0 Å². The molecule has 1 aromatic rings. The van der Waals surface area contributed by atoms with Crippen LogP contribution in [0, 0.1) is 0 Å². The maximum absolute atomic E-state index is 12.2. The Morgan fingerprint density at radius 1 is 1.40 bits per heavy atom. The van der Waals surface area contributed by atoms with Crippen molar-refractivity contribution < 1.29 is 9.90 Å². The zero-order valence-corrected chi connectivity index (χ0v) is 13.8. The lowest BCUT2D eigenvalue weighted by molar-refractivity contribution is -0.123. The minimum Gasteiger partial charge on any atom is -0.506 e. The van der Waals surface area contributed by atoms with E-state index in [1.807, 2.05) is 13.8 Å². The van der Waals surface area contributed by atoms with Gasteiger partial charge in [0.1, 0.15) is 10.1 Å². The van der Waals surface area contributed by atoms with E-state index in [9.17, 15) is 9.90 Å². The SMILES string of the molecule is CC(C)N1C(=O)/C(=C/c2cc(Cl)cc(Cl)c2O)SC1=S. The standard InChI is InChI=1S/C13H11Cl2NO2S2/c1-6(2)16-12(18)10(20-13(16)19)4-7-3-8(14)5-9(15)11(7)17/h3-6,17H,1-2H3/b10-4-. The summed E-state index contributed by atoms with van der Waals surface area (Å²) < 4.78 is 0.504. The fourth-order valence-corrected chi connectivity index (χ4v) is 3.79. The molecule has 0 unspecified atom stereocenters. The summed E-state index contributed by atoms with van der Waals surface area (Å²) in [6.45, 7) is 3.78. The molecule has 1 saturated heterocycles. The van der Waals surface area contributed by atoms with E-state index in [2.05, 4.69) is 0 Å². The van der Waals surface area contributed by atoms with Crippen LogP contribution in [0.4, 0.5) is 0 Å². The van der Waals surface area contributed by atoms with Crippen molar-refractivity contribution in [3.63, 3.8) is 0 Å². The normalized spacial score (nSPS) is 17.6. The summed E-state index contributed by atoms with van der Waals surface area (Å²) in [6.07, 6.45) is 1.55. The van der Waals surface area contributed by atoms with E-state index < -0.39 is 0 Å². The number of nitrogens with zero attached hydrogens (tertiary/aromatic N) is 1. The fourth-order valence-electron chi connectivity index (χ4n) is 1.76. The first kappa shape index (κ1) is 15.6. The summed E-state index contributed by atoms with van der Waals surface area (Å²) >= 11 is 18.1. The molecule has 1 fully saturated rings. The van der Waals surface area contributed by atoms with Crippen molar-refractivity contribution >= 4 is 63.5 Å². The highest BCUT2D eigenvalue weighted by Crippen LogP contribution is 2.37. The van der Waals surface area contributed by atoms with Crippen LogP contribution < -0.4 is 0 Å². The Morgan fingerprint density at radius 2 is 2.05 bits per heavy atom. The number of thiocarbonyl (C=S) groups is 1. The number of phenols is 1. The first-order chi connectivity index (χ1) is 9.31. The van der Waals surface area contributed by atoms with Crippen molar-refractivity contribution in [2.45, 2.75) is 19.9 Å². The minimum atomic E-state index is -0.175. The van der Waals surface area contributed by atoms with Crippen molar-refractivity contribution in [3.8, 4) is 5.75 Å². The topological polar surface area (TPSA) is 40.5 Å². The second-order valence-electron chi connectivity index (χ2n) is 4.47. The average Bonchev–Trinajstić information content (AvgIpc) is 2.60. The Hall–Kier alpha value is -0.750. The second kappa shape index (κ2) is 5.93. The third kappa shape index (κ3) is 2.96. The van der Waals surface area contributed by atoms with Gasteiger partial charge in [-0.25, -0.2) is 0 Å². The lowest BCUT2D eigenvalue weighted by Crippen LogP contribution is -2.34. The van der Waals surface area contributed by atoms with Crippen LogP contribution in [-0.4, -0.2) is 26.3 Å². The van der Waals surface area contributed by atoms with E-state index in [1.165, 1.54) is 22.7 Å². The molecule has 106 valence electrons. The monoisotopic (exact) mass is 347 g/mol. The number of thioether (sulfide) groups is 1.